The van der Waals surface area contributed by atoms with Crippen LogP contribution in [0.3, 0.4) is 0 Å². The van der Waals surface area contributed by atoms with Crippen molar-refractivity contribution in [3.8, 4) is 5.75 Å². The predicted molar refractivity (Wildman–Crippen MR) is 114 cm³/mol. The molecule has 3 rings (SSSR count). The molecule has 1 saturated heterocycles. The minimum atomic E-state index is -0.207. The predicted octanol–water partition coefficient (Wildman–Crippen LogP) is 2.57. The van der Waals surface area contributed by atoms with E-state index in [0.717, 1.165) is 36.0 Å². The maximum atomic E-state index is 12.5. The summed E-state index contributed by atoms with van der Waals surface area (Å²) >= 11 is 1.36. The maximum Gasteiger partial charge on any atom is 0.226 e. The van der Waals surface area contributed by atoms with Crippen LogP contribution < -0.4 is 15.0 Å². The number of amides is 2. The number of aryl methyl sites for hydroxylation is 1. The Morgan fingerprint density at radius 2 is 1.86 bits per heavy atom. The second kappa shape index (κ2) is 10.2. The topological polar surface area (TPSA) is 87.7 Å². The van der Waals surface area contributed by atoms with Gasteiger partial charge in [-0.3, -0.25) is 9.59 Å². The van der Waals surface area contributed by atoms with Crippen LogP contribution in [0.2, 0.25) is 0 Å². The highest BCUT2D eigenvalue weighted by molar-refractivity contribution is 7.15. The third-order valence-corrected chi connectivity index (χ3v) is 5.70. The van der Waals surface area contributed by atoms with Crippen molar-refractivity contribution >= 4 is 34.0 Å². The molecule has 0 radical (unpaired) electrons. The van der Waals surface area contributed by atoms with Gasteiger partial charge in [0.25, 0.3) is 0 Å². The Balaban J connectivity index is 1.44. The molecule has 1 aliphatic rings. The summed E-state index contributed by atoms with van der Waals surface area (Å²) in [5.41, 5.74) is 1.06. The number of anilines is 2. The molecule has 1 fully saturated rings. The average Bonchev–Trinajstić information content (AvgIpc) is 3.20. The number of aromatic nitrogens is 2. The molecule has 1 aromatic heterocycles. The lowest BCUT2D eigenvalue weighted by atomic mass is 10.2. The molecular formula is C20H27N5O3S. The molecule has 0 spiro atoms. The van der Waals surface area contributed by atoms with Crippen LogP contribution in [0, 0.1) is 0 Å². The summed E-state index contributed by atoms with van der Waals surface area (Å²) in [6.07, 6.45) is 1.13. The number of ether oxygens (including phenoxy) is 1. The summed E-state index contributed by atoms with van der Waals surface area (Å²) in [6, 6.07) is 7.97. The van der Waals surface area contributed by atoms with Gasteiger partial charge in [-0.05, 0) is 25.5 Å². The number of para-hydroxylation sites is 2. The lowest BCUT2D eigenvalue weighted by Crippen LogP contribution is -2.49. The van der Waals surface area contributed by atoms with Crippen molar-refractivity contribution < 1.29 is 14.3 Å². The largest absolute Gasteiger partial charge is 0.492 e. The number of hydrogen-bond acceptors (Lipinski definition) is 7. The summed E-state index contributed by atoms with van der Waals surface area (Å²) in [4.78, 5) is 28.6. The average molecular weight is 418 g/mol. The second-order valence-electron chi connectivity index (χ2n) is 6.67. The summed E-state index contributed by atoms with van der Waals surface area (Å²) in [5, 5.41) is 12.0. The number of carbonyl (C=O) groups is 2. The van der Waals surface area contributed by atoms with Crippen molar-refractivity contribution in [1.29, 1.82) is 0 Å². The first-order valence-corrected chi connectivity index (χ1v) is 10.8. The highest BCUT2D eigenvalue weighted by Crippen LogP contribution is 2.28. The minimum absolute atomic E-state index is 0.00408. The van der Waals surface area contributed by atoms with Crippen molar-refractivity contribution in [3.05, 3.63) is 29.3 Å². The van der Waals surface area contributed by atoms with Crippen LogP contribution in [0.25, 0.3) is 0 Å². The Kier molecular flexibility index (Phi) is 7.40. The molecule has 0 unspecified atom stereocenters. The number of hydrogen-bond donors (Lipinski definition) is 1. The van der Waals surface area contributed by atoms with E-state index >= 15 is 0 Å². The van der Waals surface area contributed by atoms with Gasteiger partial charge in [-0.25, -0.2) is 0 Å². The zero-order valence-corrected chi connectivity index (χ0v) is 17.7. The third kappa shape index (κ3) is 5.66. The van der Waals surface area contributed by atoms with Crippen LogP contribution >= 0.6 is 11.3 Å². The normalized spacial score (nSPS) is 14.0. The molecular weight excluding hydrogens is 390 g/mol. The lowest BCUT2D eigenvalue weighted by molar-refractivity contribution is -0.133. The first kappa shape index (κ1) is 21.0. The molecule has 8 nitrogen and oxygen atoms in total. The SMILES string of the molecule is CCOc1ccccc1N1CCN(C(=O)CCC(=O)Nc2nnc(CC)s2)CC1. The number of piperazine rings is 1. The molecule has 0 saturated carbocycles. The van der Waals surface area contributed by atoms with Crippen LogP contribution in [-0.4, -0.2) is 59.7 Å². The van der Waals surface area contributed by atoms with Crippen molar-refractivity contribution in [3.63, 3.8) is 0 Å². The lowest BCUT2D eigenvalue weighted by Gasteiger charge is -2.36. The molecule has 156 valence electrons. The van der Waals surface area contributed by atoms with Crippen molar-refractivity contribution in [2.75, 3.05) is 43.0 Å². The molecule has 0 aliphatic carbocycles. The number of benzene rings is 1. The van der Waals surface area contributed by atoms with Gasteiger partial charge in [0.15, 0.2) is 0 Å². The molecule has 0 atom stereocenters. The fraction of sp³-hybridized carbons (Fsp3) is 0.500. The summed E-state index contributed by atoms with van der Waals surface area (Å²) < 4.78 is 5.71. The Labute approximate surface area is 174 Å². The smallest absolute Gasteiger partial charge is 0.226 e. The Bertz CT molecular complexity index is 833. The summed E-state index contributed by atoms with van der Waals surface area (Å²) in [7, 11) is 0. The van der Waals surface area contributed by atoms with E-state index in [1.165, 1.54) is 11.3 Å². The van der Waals surface area contributed by atoms with Gasteiger partial charge in [0.05, 0.1) is 12.3 Å². The molecule has 1 aliphatic heterocycles. The van der Waals surface area contributed by atoms with E-state index < -0.39 is 0 Å². The maximum absolute atomic E-state index is 12.5. The van der Waals surface area contributed by atoms with Crippen LogP contribution in [-0.2, 0) is 16.0 Å². The van der Waals surface area contributed by atoms with Gasteiger partial charge in [0.1, 0.15) is 10.8 Å². The van der Waals surface area contributed by atoms with Gasteiger partial charge < -0.3 is 19.9 Å². The van der Waals surface area contributed by atoms with Crippen LogP contribution in [0.4, 0.5) is 10.8 Å². The first-order valence-electron chi connectivity index (χ1n) is 9.97. The van der Waals surface area contributed by atoms with Gasteiger partial charge in [0, 0.05) is 39.0 Å². The molecule has 9 heteroatoms. The van der Waals surface area contributed by atoms with Crippen molar-refractivity contribution in [2.24, 2.45) is 0 Å². The van der Waals surface area contributed by atoms with Gasteiger partial charge in [-0.1, -0.05) is 30.4 Å². The third-order valence-electron chi connectivity index (χ3n) is 4.72. The molecule has 29 heavy (non-hydrogen) atoms. The molecule has 0 bridgehead atoms. The Hall–Kier alpha value is -2.68. The highest BCUT2D eigenvalue weighted by atomic mass is 32.1. The molecule has 2 amide bonds. The second-order valence-corrected chi connectivity index (χ2v) is 7.73. The van der Waals surface area contributed by atoms with E-state index in [1.54, 1.807) is 0 Å². The standard InChI is InChI=1S/C20H27N5O3S/c1-3-18-22-23-20(29-18)21-17(26)9-10-19(27)25-13-11-24(12-14-25)15-7-5-6-8-16(15)28-4-2/h5-8H,3-4,9-14H2,1-2H3,(H,21,23,26). The first-order chi connectivity index (χ1) is 14.1. The molecule has 2 aromatic rings. The van der Waals surface area contributed by atoms with Crippen LogP contribution in [0.5, 0.6) is 5.75 Å². The van der Waals surface area contributed by atoms with E-state index in [-0.39, 0.29) is 24.7 Å². The fourth-order valence-electron chi connectivity index (χ4n) is 3.20. The molecule has 2 heterocycles. The van der Waals surface area contributed by atoms with E-state index in [1.807, 2.05) is 43.0 Å². The number of nitrogens with zero attached hydrogens (tertiary/aromatic N) is 4. The van der Waals surface area contributed by atoms with E-state index in [4.69, 9.17) is 4.74 Å². The number of carbonyl (C=O) groups excluding carboxylic acids is 2. The zero-order valence-electron chi connectivity index (χ0n) is 16.9. The van der Waals surface area contributed by atoms with Crippen molar-refractivity contribution in [2.45, 2.75) is 33.1 Å². The number of nitrogens with one attached hydrogen (secondary N) is 1. The fourth-order valence-corrected chi connectivity index (χ4v) is 3.90. The van der Waals surface area contributed by atoms with Gasteiger partial charge in [-0.15, -0.1) is 10.2 Å². The minimum Gasteiger partial charge on any atom is -0.492 e. The quantitative estimate of drug-likeness (QED) is 0.710. The van der Waals surface area contributed by atoms with Crippen LogP contribution in [0.1, 0.15) is 31.7 Å². The Morgan fingerprint density at radius 3 is 2.55 bits per heavy atom. The van der Waals surface area contributed by atoms with Crippen molar-refractivity contribution in [1.82, 2.24) is 15.1 Å². The van der Waals surface area contributed by atoms with Gasteiger partial charge >= 0.3 is 0 Å². The van der Waals surface area contributed by atoms with E-state index in [9.17, 15) is 9.59 Å². The summed E-state index contributed by atoms with van der Waals surface area (Å²) in [5.74, 6) is 0.667. The zero-order chi connectivity index (χ0) is 20.6. The molecule has 1 N–H and O–H groups in total. The van der Waals surface area contributed by atoms with E-state index in [0.29, 0.717) is 24.8 Å². The van der Waals surface area contributed by atoms with Crippen LogP contribution in [0.15, 0.2) is 24.3 Å². The van der Waals surface area contributed by atoms with E-state index in [2.05, 4.69) is 20.4 Å². The summed E-state index contributed by atoms with van der Waals surface area (Å²) in [6.45, 7) is 7.33. The van der Waals surface area contributed by atoms with Gasteiger partial charge in [0.2, 0.25) is 16.9 Å². The molecule has 1 aromatic carbocycles. The van der Waals surface area contributed by atoms with Gasteiger partial charge in [-0.2, -0.15) is 0 Å². The monoisotopic (exact) mass is 417 g/mol. The Morgan fingerprint density at radius 1 is 1.10 bits per heavy atom. The highest BCUT2D eigenvalue weighted by Gasteiger charge is 2.23. The number of rotatable bonds is 8.